The molecular weight excluding hydrogens is 460 g/mol. The largest absolute Gasteiger partial charge is 0.478 e. The average molecular weight is 477 g/mol. The molecule has 0 aliphatic carbocycles. The first-order valence-corrected chi connectivity index (χ1v) is 10.4. The average Bonchev–Trinajstić information content (AvgIpc) is 3.45. The van der Waals surface area contributed by atoms with Crippen molar-refractivity contribution in [3.63, 3.8) is 0 Å². The van der Waals surface area contributed by atoms with E-state index in [1.807, 2.05) is 0 Å². The van der Waals surface area contributed by atoms with E-state index >= 15 is 0 Å². The van der Waals surface area contributed by atoms with E-state index in [-0.39, 0.29) is 28.5 Å². The summed E-state index contributed by atoms with van der Waals surface area (Å²) in [4.78, 5) is 36.2. The summed E-state index contributed by atoms with van der Waals surface area (Å²) in [7, 11) is 0. The Morgan fingerprint density at radius 1 is 1.18 bits per heavy atom. The van der Waals surface area contributed by atoms with Crippen molar-refractivity contribution < 1.29 is 28.6 Å². The lowest BCUT2D eigenvalue weighted by molar-refractivity contribution is -0.114. The molecule has 9 heteroatoms. The second-order valence-electron chi connectivity index (χ2n) is 7.10. The van der Waals surface area contributed by atoms with E-state index in [1.165, 1.54) is 36.6 Å². The van der Waals surface area contributed by atoms with Gasteiger partial charge >= 0.3 is 11.9 Å². The highest BCUT2D eigenvalue weighted by Gasteiger charge is 2.26. The molecule has 1 amide bonds. The summed E-state index contributed by atoms with van der Waals surface area (Å²) < 4.78 is 10.9. The Morgan fingerprint density at radius 3 is 2.76 bits per heavy atom. The van der Waals surface area contributed by atoms with Crippen LogP contribution in [-0.2, 0) is 9.53 Å². The smallest absolute Gasteiger partial charge is 0.338 e. The number of amides is 1. The van der Waals surface area contributed by atoms with Gasteiger partial charge in [0.05, 0.1) is 33.6 Å². The summed E-state index contributed by atoms with van der Waals surface area (Å²) >= 11 is 5.90. The van der Waals surface area contributed by atoms with Gasteiger partial charge in [0, 0.05) is 5.56 Å². The third kappa shape index (κ3) is 4.67. The van der Waals surface area contributed by atoms with Gasteiger partial charge in [0.15, 0.2) is 0 Å². The van der Waals surface area contributed by atoms with Crippen LogP contribution in [0.4, 0.5) is 5.69 Å². The molecule has 0 bridgehead atoms. The number of rotatable bonds is 7. The molecule has 2 heterocycles. The molecule has 1 aliphatic heterocycles. The van der Waals surface area contributed by atoms with Crippen molar-refractivity contribution in [2.24, 2.45) is 5.10 Å². The minimum atomic E-state index is -1.21. The van der Waals surface area contributed by atoms with Crippen LogP contribution in [0.1, 0.15) is 26.5 Å². The molecule has 34 heavy (non-hydrogen) atoms. The van der Waals surface area contributed by atoms with Gasteiger partial charge in [-0.2, -0.15) is 10.1 Å². The maximum absolute atomic E-state index is 12.8. The van der Waals surface area contributed by atoms with E-state index in [0.717, 1.165) is 5.01 Å². The molecule has 1 aromatic heterocycles. The number of hydrogen-bond donors (Lipinski definition) is 1. The van der Waals surface area contributed by atoms with E-state index in [1.54, 1.807) is 36.4 Å². The molecule has 3 aromatic rings. The van der Waals surface area contributed by atoms with Crippen LogP contribution < -0.4 is 5.01 Å². The van der Waals surface area contributed by atoms with Crippen molar-refractivity contribution in [3.8, 4) is 11.3 Å². The van der Waals surface area contributed by atoms with Crippen molar-refractivity contribution in [3.05, 3.63) is 94.7 Å². The van der Waals surface area contributed by atoms with Crippen molar-refractivity contribution in [1.82, 2.24) is 0 Å². The van der Waals surface area contributed by atoms with Crippen molar-refractivity contribution >= 4 is 47.4 Å². The summed E-state index contributed by atoms with van der Waals surface area (Å²) in [5.74, 6) is -1.25. The molecule has 0 atom stereocenters. The minimum Gasteiger partial charge on any atom is -0.478 e. The Balaban J connectivity index is 1.54. The number of nitrogens with zero attached hydrogens (tertiary/aromatic N) is 2. The maximum Gasteiger partial charge on any atom is 0.338 e. The zero-order valence-corrected chi connectivity index (χ0v) is 18.4. The number of aromatic carboxylic acids is 1. The fraction of sp³-hybridized carbons (Fsp3) is 0.0400. The van der Waals surface area contributed by atoms with Crippen LogP contribution in [0.15, 0.2) is 82.3 Å². The van der Waals surface area contributed by atoms with Gasteiger partial charge in [-0.05, 0) is 48.5 Å². The highest BCUT2D eigenvalue weighted by Crippen LogP contribution is 2.28. The van der Waals surface area contributed by atoms with Gasteiger partial charge in [0.2, 0.25) is 0 Å². The highest BCUT2D eigenvalue weighted by atomic mass is 35.5. The summed E-state index contributed by atoms with van der Waals surface area (Å²) in [5.41, 5.74) is 1.41. The van der Waals surface area contributed by atoms with Crippen LogP contribution in [0.2, 0.25) is 5.02 Å². The van der Waals surface area contributed by atoms with Gasteiger partial charge in [-0.3, -0.25) is 4.79 Å². The van der Waals surface area contributed by atoms with Gasteiger partial charge in [-0.25, -0.2) is 9.59 Å². The number of hydrazone groups is 1. The number of carboxylic acids is 1. The van der Waals surface area contributed by atoms with E-state index in [9.17, 15) is 19.5 Å². The third-order valence-electron chi connectivity index (χ3n) is 4.82. The molecule has 0 saturated carbocycles. The summed E-state index contributed by atoms with van der Waals surface area (Å²) in [6.45, 7) is 3.63. The first-order chi connectivity index (χ1) is 16.4. The lowest BCUT2D eigenvalue weighted by Gasteiger charge is -2.13. The number of anilines is 1. The predicted octanol–water partition coefficient (Wildman–Crippen LogP) is 5.06. The second kappa shape index (κ2) is 9.60. The maximum atomic E-state index is 12.8. The molecule has 1 N–H and O–H groups in total. The molecule has 0 unspecified atom stereocenters. The molecule has 2 aromatic carbocycles. The molecule has 0 radical (unpaired) electrons. The van der Waals surface area contributed by atoms with Crippen molar-refractivity contribution in [2.45, 2.75) is 0 Å². The standard InChI is InChI=1S/C25H17ClN2O6/c1-2-10-33-25(32)16-5-3-4-15(11-16)22-9-7-19(34-22)12-17-14-27-28(23(17)29)18-6-8-21(26)20(13-18)24(30)31/h2-9,11-14H,1,10H2,(H,30,31)/b17-12-. The number of ether oxygens (including phenoxy) is 1. The minimum absolute atomic E-state index is 0.0591. The Bertz CT molecular complexity index is 1370. The number of carbonyl (C=O) groups is 3. The van der Waals surface area contributed by atoms with Crippen molar-refractivity contribution in [1.29, 1.82) is 0 Å². The molecule has 1 aliphatic rings. The van der Waals surface area contributed by atoms with Crippen LogP contribution in [0.5, 0.6) is 0 Å². The van der Waals surface area contributed by atoms with Gasteiger partial charge in [-0.15, -0.1) is 0 Å². The van der Waals surface area contributed by atoms with Crippen LogP contribution >= 0.6 is 11.6 Å². The Morgan fingerprint density at radius 2 is 2.00 bits per heavy atom. The quantitative estimate of drug-likeness (QED) is 0.290. The van der Waals surface area contributed by atoms with E-state index in [2.05, 4.69) is 11.7 Å². The Kier molecular flexibility index (Phi) is 6.42. The SMILES string of the molecule is C=CCOC(=O)c1cccc(-c2ccc(/C=C3/C=NN(c4ccc(Cl)c(C(=O)O)c4)C3=O)o2)c1. The molecular formula is C25H17ClN2O6. The molecule has 8 nitrogen and oxygen atoms in total. The lowest BCUT2D eigenvalue weighted by atomic mass is 10.1. The van der Waals surface area contributed by atoms with Gasteiger partial charge < -0.3 is 14.3 Å². The van der Waals surface area contributed by atoms with Gasteiger partial charge in [0.25, 0.3) is 5.91 Å². The first-order valence-electron chi connectivity index (χ1n) is 9.98. The molecule has 4 rings (SSSR count). The number of carboxylic acid groups (broad SMARTS) is 1. The number of carbonyl (C=O) groups excluding carboxylic acids is 2. The monoisotopic (exact) mass is 476 g/mol. The van der Waals surface area contributed by atoms with Crippen LogP contribution in [-0.4, -0.2) is 35.8 Å². The van der Waals surface area contributed by atoms with Crippen LogP contribution in [0, 0.1) is 0 Å². The van der Waals surface area contributed by atoms with E-state index in [4.69, 9.17) is 20.8 Å². The number of benzene rings is 2. The van der Waals surface area contributed by atoms with Crippen LogP contribution in [0.25, 0.3) is 17.4 Å². The Hall–Kier alpha value is -4.43. The topological polar surface area (TPSA) is 109 Å². The fourth-order valence-electron chi connectivity index (χ4n) is 3.20. The van der Waals surface area contributed by atoms with Gasteiger partial charge in [0.1, 0.15) is 18.1 Å². The van der Waals surface area contributed by atoms with Crippen LogP contribution in [0.3, 0.4) is 0 Å². The molecule has 0 spiro atoms. The molecule has 0 saturated heterocycles. The zero-order valence-electron chi connectivity index (χ0n) is 17.6. The first kappa shape index (κ1) is 22.8. The van der Waals surface area contributed by atoms with E-state index in [0.29, 0.717) is 22.6 Å². The fourth-order valence-corrected chi connectivity index (χ4v) is 3.40. The number of halogens is 1. The lowest BCUT2D eigenvalue weighted by Crippen LogP contribution is -2.21. The Labute approximate surface area is 199 Å². The summed E-state index contributed by atoms with van der Waals surface area (Å²) in [6, 6.07) is 14.3. The van der Waals surface area contributed by atoms with E-state index < -0.39 is 17.8 Å². The summed E-state index contributed by atoms with van der Waals surface area (Å²) in [6.07, 6.45) is 4.36. The number of furan rings is 1. The second-order valence-corrected chi connectivity index (χ2v) is 7.51. The molecule has 170 valence electrons. The summed E-state index contributed by atoms with van der Waals surface area (Å²) in [5, 5.41) is 14.5. The predicted molar refractivity (Wildman–Crippen MR) is 127 cm³/mol. The highest BCUT2D eigenvalue weighted by molar-refractivity contribution is 6.33. The van der Waals surface area contributed by atoms with Gasteiger partial charge in [-0.1, -0.05) is 36.4 Å². The van der Waals surface area contributed by atoms with Crippen molar-refractivity contribution in [2.75, 3.05) is 11.6 Å². The normalized spacial score (nSPS) is 14.0. The third-order valence-corrected chi connectivity index (χ3v) is 5.15. The number of esters is 1. The number of hydrogen-bond acceptors (Lipinski definition) is 6. The molecule has 0 fully saturated rings. The zero-order chi connectivity index (χ0) is 24.2.